The molecule has 4 saturated carbocycles. The zero-order chi connectivity index (χ0) is 23.2. The number of pyridine rings is 1. The zero-order valence-electron chi connectivity index (χ0n) is 18.6. The summed E-state index contributed by atoms with van der Waals surface area (Å²) in [4.78, 5) is 28.6. The standard InChI is InChI=1S/C24H29N5O4/c1-25-23(30)18-13-27-22(26-12-14-5-3-2-4-6-14)21(29(32)33)20(18)28-19-16-7-15-8-17(19)11-24(31,9-15)10-16/h2-6,13,15-17,19,31H,7-12H2,1H3,(H,25,30)(H2,26,27,28)/t15?,16-,17+,19?,24?. The number of nitro groups is 1. The van der Waals surface area contributed by atoms with Crippen LogP contribution in [0.25, 0.3) is 0 Å². The molecule has 9 nitrogen and oxygen atoms in total. The Bertz CT molecular complexity index is 1060. The van der Waals surface area contributed by atoms with E-state index >= 15 is 0 Å². The third-order valence-electron chi connectivity index (χ3n) is 7.56. The molecule has 4 fully saturated rings. The van der Waals surface area contributed by atoms with Crippen LogP contribution in [0.15, 0.2) is 36.5 Å². The van der Waals surface area contributed by atoms with Crippen LogP contribution in [0.2, 0.25) is 0 Å². The van der Waals surface area contributed by atoms with Crippen molar-refractivity contribution in [1.29, 1.82) is 0 Å². The Hall–Kier alpha value is -3.20. The van der Waals surface area contributed by atoms with Gasteiger partial charge in [0.25, 0.3) is 5.91 Å². The minimum Gasteiger partial charge on any atom is -0.390 e. The van der Waals surface area contributed by atoms with E-state index in [1.54, 1.807) is 0 Å². The summed E-state index contributed by atoms with van der Waals surface area (Å²) in [7, 11) is 1.50. The summed E-state index contributed by atoms with van der Waals surface area (Å²) < 4.78 is 0. The van der Waals surface area contributed by atoms with Crippen molar-refractivity contribution in [3.8, 4) is 0 Å². The predicted octanol–water partition coefficient (Wildman–Crippen LogP) is 3.31. The van der Waals surface area contributed by atoms with Crippen molar-refractivity contribution in [3.05, 3.63) is 57.8 Å². The first-order valence-corrected chi connectivity index (χ1v) is 11.5. The van der Waals surface area contributed by atoms with Crippen molar-refractivity contribution in [3.63, 3.8) is 0 Å². The Morgan fingerprint density at radius 2 is 1.91 bits per heavy atom. The second kappa shape index (κ2) is 8.30. The highest BCUT2D eigenvalue weighted by Gasteiger charge is 2.55. The van der Waals surface area contributed by atoms with Crippen LogP contribution in [0, 0.1) is 27.9 Å². The fourth-order valence-electron chi connectivity index (χ4n) is 6.43. The number of aromatic nitrogens is 1. The van der Waals surface area contributed by atoms with Crippen LogP contribution in [0.1, 0.15) is 48.0 Å². The summed E-state index contributed by atoms with van der Waals surface area (Å²) in [5.74, 6) is 0.672. The number of nitrogens with zero attached hydrogens (tertiary/aromatic N) is 2. The number of amides is 1. The fourth-order valence-corrected chi connectivity index (χ4v) is 6.43. The third-order valence-corrected chi connectivity index (χ3v) is 7.56. The van der Waals surface area contributed by atoms with Crippen molar-refractivity contribution < 1.29 is 14.8 Å². The number of aliphatic hydroxyl groups is 1. The van der Waals surface area contributed by atoms with Gasteiger partial charge in [-0.15, -0.1) is 0 Å². The number of hydrogen-bond donors (Lipinski definition) is 4. The molecule has 174 valence electrons. The lowest BCUT2D eigenvalue weighted by molar-refractivity contribution is -0.383. The van der Waals surface area contributed by atoms with Gasteiger partial charge >= 0.3 is 5.69 Å². The van der Waals surface area contributed by atoms with Crippen LogP contribution >= 0.6 is 0 Å². The van der Waals surface area contributed by atoms with E-state index in [0.29, 0.717) is 25.3 Å². The van der Waals surface area contributed by atoms with Crippen LogP contribution in [-0.2, 0) is 6.54 Å². The van der Waals surface area contributed by atoms with Crippen molar-refractivity contribution in [2.24, 2.45) is 17.8 Å². The lowest BCUT2D eigenvalue weighted by atomic mass is 9.52. The van der Waals surface area contributed by atoms with E-state index in [-0.39, 0.29) is 40.6 Å². The molecule has 1 aromatic carbocycles. The molecule has 0 spiro atoms. The van der Waals surface area contributed by atoms with Crippen LogP contribution in [0.5, 0.6) is 0 Å². The van der Waals surface area contributed by atoms with Gasteiger partial charge in [0.1, 0.15) is 5.69 Å². The molecule has 2 aromatic rings. The molecule has 4 N–H and O–H groups in total. The highest BCUT2D eigenvalue weighted by molar-refractivity contribution is 6.02. The molecule has 0 radical (unpaired) electrons. The Kier molecular flexibility index (Phi) is 5.44. The van der Waals surface area contributed by atoms with E-state index in [9.17, 15) is 20.0 Å². The van der Waals surface area contributed by atoms with E-state index in [2.05, 4.69) is 20.9 Å². The molecule has 4 bridgehead atoms. The molecule has 4 aliphatic carbocycles. The number of carbonyl (C=O) groups excluding carboxylic acids is 1. The van der Waals surface area contributed by atoms with Gasteiger partial charge in [0.05, 0.1) is 16.1 Å². The first-order chi connectivity index (χ1) is 15.9. The van der Waals surface area contributed by atoms with E-state index < -0.39 is 16.4 Å². The minimum atomic E-state index is -0.606. The third kappa shape index (κ3) is 4.01. The summed E-state index contributed by atoms with van der Waals surface area (Å²) in [6, 6.07) is 9.55. The lowest BCUT2D eigenvalue weighted by Gasteiger charge is -2.58. The summed E-state index contributed by atoms with van der Waals surface area (Å²) >= 11 is 0. The monoisotopic (exact) mass is 451 g/mol. The van der Waals surface area contributed by atoms with E-state index in [1.807, 2.05) is 30.3 Å². The highest BCUT2D eigenvalue weighted by atomic mass is 16.6. The van der Waals surface area contributed by atoms with Gasteiger partial charge in [0, 0.05) is 25.8 Å². The molecule has 1 amide bonds. The molecular formula is C24H29N5O4. The Morgan fingerprint density at radius 1 is 1.21 bits per heavy atom. The maximum Gasteiger partial charge on any atom is 0.335 e. The van der Waals surface area contributed by atoms with Gasteiger partial charge in [-0.1, -0.05) is 30.3 Å². The van der Waals surface area contributed by atoms with Crippen LogP contribution in [0.4, 0.5) is 17.2 Å². The molecule has 3 unspecified atom stereocenters. The zero-order valence-corrected chi connectivity index (χ0v) is 18.6. The molecule has 5 atom stereocenters. The fraction of sp³-hybridized carbons (Fsp3) is 0.500. The second-order valence-corrected chi connectivity index (χ2v) is 9.78. The number of rotatable bonds is 7. The Balaban J connectivity index is 1.50. The summed E-state index contributed by atoms with van der Waals surface area (Å²) in [6.07, 6.45) is 5.66. The predicted molar refractivity (Wildman–Crippen MR) is 124 cm³/mol. The van der Waals surface area contributed by atoms with Crippen LogP contribution in [0.3, 0.4) is 0 Å². The maximum absolute atomic E-state index is 12.6. The normalized spacial score (nSPS) is 29.5. The number of hydrogen-bond acceptors (Lipinski definition) is 7. The first kappa shape index (κ1) is 21.6. The molecule has 6 rings (SSSR count). The van der Waals surface area contributed by atoms with Crippen molar-refractivity contribution in [1.82, 2.24) is 10.3 Å². The van der Waals surface area contributed by atoms with Gasteiger partial charge in [0.15, 0.2) is 0 Å². The minimum absolute atomic E-state index is 0.0201. The summed E-state index contributed by atoms with van der Waals surface area (Å²) in [6.45, 7) is 0.372. The van der Waals surface area contributed by atoms with E-state index in [4.69, 9.17) is 0 Å². The van der Waals surface area contributed by atoms with E-state index in [1.165, 1.54) is 13.2 Å². The summed E-state index contributed by atoms with van der Waals surface area (Å²) in [5, 5.41) is 32.2. The highest BCUT2D eigenvalue weighted by Crippen LogP contribution is 2.56. The molecule has 33 heavy (non-hydrogen) atoms. The topological polar surface area (TPSA) is 129 Å². The van der Waals surface area contributed by atoms with E-state index in [0.717, 1.165) is 24.8 Å². The largest absolute Gasteiger partial charge is 0.390 e. The summed E-state index contributed by atoms with van der Waals surface area (Å²) in [5.41, 5.74) is 0.494. The average molecular weight is 452 g/mol. The van der Waals surface area contributed by atoms with Gasteiger partial charge in [0.2, 0.25) is 5.82 Å². The van der Waals surface area contributed by atoms with Crippen LogP contribution < -0.4 is 16.0 Å². The molecule has 1 heterocycles. The number of benzene rings is 1. The second-order valence-electron chi connectivity index (χ2n) is 9.78. The number of nitrogens with one attached hydrogen (secondary N) is 3. The quantitative estimate of drug-likeness (QED) is 0.375. The Labute approximate surface area is 192 Å². The first-order valence-electron chi connectivity index (χ1n) is 11.5. The van der Waals surface area contributed by atoms with Crippen molar-refractivity contribution in [2.45, 2.75) is 50.3 Å². The van der Waals surface area contributed by atoms with Crippen molar-refractivity contribution >= 4 is 23.1 Å². The van der Waals surface area contributed by atoms with Gasteiger partial charge in [-0.05, 0) is 55.4 Å². The molecule has 1 aromatic heterocycles. The smallest absolute Gasteiger partial charge is 0.335 e. The number of carbonyl (C=O) groups is 1. The van der Waals surface area contributed by atoms with Gasteiger partial charge in [-0.3, -0.25) is 14.9 Å². The molecular weight excluding hydrogens is 422 g/mol. The molecule has 0 aliphatic heterocycles. The van der Waals surface area contributed by atoms with Gasteiger partial charge in [-0.2, -0.15) is 0 Å². The average Bonchev–Trinajstić information content (AvgIpc) is 2.78. The molecule has 9 heteroatoms. The molecule has 0 saturated heterocycles. The Morgan fingerprint density at radius 3 is 2.52 bits per heavy atom. The van der Waals surface area contributed by atoms with Gasteiger partial charge < -0.3 is 21.1 Å². The lowest BCUT2D eigenvalue weighted by Crippen LogP contribution is -2.59. The maximum atomic E-state index is 12.6. The van der Waals surface area contributed by atoms with Crippen molar-refractivity contribution in [2.75, 3.05) is 17.7 Å². The molecule has 4 aliphatic rings. The SMILES string of the molecule is CNC(=O)c1cnc(NCc2ccccc2)c([N+](=O)[O-])c1NC1[C@@H]2CC3C[C@H]1CC(O)(C3)C2. The van der Waals surface area contributed by atoms with Crippen LogP contribution in [-0.4, -0.2) is 39.6 Å². The number of anilines is 2. The van der Waals surface area contributed by atoms with Gasteiger partial charge in [-0.25, -0.2) is 4.98 Å².